The second-order valence-corrected chi connectivity index (χ2v) is 4.43. The summed E-state index contributed by atoms with van der Waals surface area (Å²) >= 11 is 4.08. The molecule has 0 bridgehead atoms. The summed E-state index contributed by atoms with van der Waals surface area (Å²) in [5, 5.41) is 8.00. The Hall–Kier alpha value is -0.160. The smallest absolute Gasteiger partial charge is 0.230 e. The molecule has 0 spiro atoms. The minimum Gasteiger partial charge on any atom is -0.424 e. The van der Waals surface area contributed by atoms with Crippen molar-refractivity contribution in [3.05, 3.63) is 11.8 Å². The van der Waals surface area contributed by atoms with Crippen molar-refractivity contribution in [1.29, 1.82) is 0 Å². The van der Waals surface area contributed by atoms with E-state index in [1.54, 1.807) is 0 Å². The molecule has 0 aliphatic heterocycles. The fraction of sp³-hybridized carbons (Fsp3) is 0.714. The third-order valence-electron chi connectivity index (χ3n) is 1.46. The lowest BCUT2D eigenvalue weighted by Crippen LogP contribution is -1.85. The van der Waals surface area contributed by atoms with Crippen LogP contribution in [-0.4, -0.2) is 10.2 Å². The average molecular weight is 204 g/mol. The van der Waals surface area contributed by atoms with Gasteiger partial charge in [-0.25, -0.2) is 0 Å². The van der Waals surface area contributed by atoms with E-state index >= 15 is 0 Å². The van der Waals surface area contributed by atoms with Crippen LogP contribution in [0.1, 0.15) is 43.7 Å². The molecule has 5 heteroatoms. The van der Waals surface area contributed by atoms with Gasteiger partial charge in [0, 0.05) is 5.92 Å². The van der Waals surface area contributed by atoms with E-state index in [1.165, 1.54) is 10.8 Å². The lowest BCUT2D eigenvalue weighted by atomic mass is 10.2. The second-order valence-electron chi connectivity index (χ2n) is 2.88. The molecule has 1 rings (SSSR count). The number of nitrogens with zero attached hydrogens (tertiary/aromatic N) is 2. The van der Waals surface area contributed by atoms with Crippen molar-refractivity contribution in [2.75, 3.05) is 0 Å². The van der Waals surface area contributed by atoms with Crippen molar-refractivity contribution in [3.63, 3.8) is 0 Å². The van der Waals surface area contributed by atoms with Crippen LogP contribution in [0.25, 0.3) is 0 Å². The first-order chi connectivity index (χ1) is 5.65. The summed E-state index contributed by atoms with van der Waals surface area (Å²) in [6.07, 6.45) is 0. The first kappa shape index (κ1) is 9.92. The van der Waals surface area contributed by atoms with Crippen molar-refractivity contribution in [3.8, 4) is 0 Å². The van der Waals surface area contributed by atoms with E-state index in [9.17, 15) is 0 Å². The molecule has 0 aromatic carbocycles. The first-order valence-electron chi connectivity index (χ1n) is 3.78. The zero-order valence-corrected chi connectivity index (χ0v) is 9.02. The van der Waals surface area contributed by atoms with Crippen LogP contribution in [0, 0.1) is 0 Å². The molecular weight excluding hydrogens is 192 g/mol. The molecule has 0 saturated carbocycles. The third-order valence-corrected chi connectivity index (χ3v) is 2.92. The number of hydrogen-bond acceptors (Lipinski definition) is 5. The molecule has 0 amide bonds. The lowest BCUT2D eigenvalue weighted by molar-refractivity contribution is 0.434. The molecule has 0 saturated heterocycles. The van der Waals surface area contributed by atoms with Gasteiger partial charge in [-0.3, -0.25) is 0 Å². The maximum Gasteiger partial charge on any atom is 0.230 e. The fourth-order valence-corrected chi connectivity index (χ4v) is 1.15. The summed E-state index contributed by atoms with van der Waals surface area (Å²) in [4.78, 5) is 0. The number of rotatable bonds is 3. The maximum atomic E-state index is 5.41. The van der Waals surface area contributed by atoms with Crippen LogP contribution in [0.2, 0.25) is 0 Å². The van der Waals surface area contributed by atoms with Gasteiger partial charge < -0.3 is 4.42 Å². The highest BCUT2D eigenvalue weighted by molar-refractivity contribution is 8.68. The monoisotopic (exact) mass is 204 g/mol. The largest absolute Gasteiger partial charge is 0.424 e. The highest BCUT2D eigenvalue weighted by Gasteiger charge is 2.14. The van der Waals surface area contributed by atoms with Crippen LogP contribution in [0.3, 0.4) is 0 Å². The van der Waals surface area contributed by atoms with Gasteiger partial charge in [0.25, 0.3) is 0 Å². The summed E-state index contributed by atoms with van der Waals surface area (Å²) < 4.78 is 5.41. The molecule has 0 aliphatic carbocycles. The van der Waals surface area contributed by atoms with Gasteiger partial charge in [-0.05, 0) is 6.92 Å². The van der Waals surface area contributed by atoms with Crippen molar-refractivity contribution in [2.45, 2.75) is 31.9 Å². The fourth-order valence-electron chi connectivity index (χ4n) is 0.689. The topological polar surface area (TPSA) is 38.9 Å². The molecule has 1 aromatic rings. The molecule has 0 aliphatic rings. The van der Waals surface area contributed by atoms with Crippen molar-refractivity contribution >= 4 is 22.5 Å². The molecule has 1 heterocycles. The number of hydrogen-bond donors (Lipinski definition) is 1. The Morgan fingerprint density at radius 3 is 2.25 bits per heavy atom. The minimum absolute atomic E-state index is 0.160. The Bertz CT molecular complexity index is 249. The van der Waals surface area contributed by atoms with E-state index in [0.29, 0.717) is 17.7 Å². The highest BCUT2D eigenvalue weighted by Crippen LogP contribution is 2.30. The molecule has 0 N–H and O–H groups in total. The SMILES string of the molecule is CC(C)c1nnc(C(C)SS)o1. The zero-order valence-electron chi connectivity index (χ0n) is 7.31. The van der Waals surface area contributed by atoms with E-state index in [-0.39, 0.29) is 5.25 Å². The molecule has 68 valence electrons. The Morgan fingerprint density at radius 2 is 1.83 bits per heavy atom. The molecule has 1 unspecified atom stereocenters. The van der Waals surface area contributed by atoms with Crippen LogP contribution in [-0.2, 0) is 0 Å². The molecule has 3 nitrogen and oxygen atoms in total. The van der Waals surface area contributed by atoms with E-state index in [2.05, 4.69) is 21.9 Å². The minimum atomic E-state index is 0.160. The molecule has 1 atom stereocenters. The van der Waals surface area contributed by atoms with Crippen LogP contribution in [0.5, 0.6) is 0 Å². The summed E-state index contributed by atoms with van der Waals surface area (Å²) in [7, 11) is 1.40. The normalized spacial score (nSPS) is 13.8. The Morgan fingerprint density at radius 1 is 1.25 bits per heavy atom. The van der Waals surface area contributed by atoms with Gasteiger partial charge in [-0.1, -0.05) is 24.6 Å². The van der Waals surface area contributed by atoms with E-state index < -0.39 is 0 Å². The quantitative estimate of drug-likeness (QED) is 0.607. The van der Waals surface area contributed by atoms with Crippen molar-refractivity contribution < 1.29 is 4.42 Å². The van der Waals surface area contributed by atoms with Gasteiger partial charge in [0.05, 0.1) is 5.25 Å². The van der Waals surface area contributed by atoms with Gasteiger partial charge in [0.15, 0.2) is 0 Å². The molecule has 12 heavy (non-hydrogen) atoms. The number of thiol groups is 1. The van der Waals surface area contributed by atoms with Gasteiger partial charge in [-0.15, -0.1) is 21.9 Å². The summed E-state index contributed by atoms with van der Waals surface area (Å²) in [5.41, 5.74) is 0. The van der Waals surface area contributed by atoms with Crippen LogP contribution in [0.4, 0.5) is 0 Å². The summed E-state index contributed by atoms with van der Waals surface area (Å²) in [5.74, 6) is 1.64. The Kier molecular flexibility index (Phi) is 3.46. The van der Waals surface area contributed by atoms with Gasteiger partial charge in [0.1, 0.15) is 0 Å². The van der Waals surface area contributed by atoms with Crippen LogP contribution in [0.15, 0.2) is 4.42 Å². The zero-order chi connectivity index (χ0) is 9.14. The average Bonchev–Trinajstić information content (AvgIpc) is 2.51. The van der Waals surface area contributed by atoms with Crippen molar-refractivity contribution in [1.82, 2.24) is 10.2 Å². The molecular formula is C7H12N2OS2. The standard InChI is InChI=1S/C7H12N2OS2/c1-4(2)6-8-9-7(10-6)5(3)12-11/h4-5,11H,1-3H3. The van der Waals surface area contributed by atoms with Gasteiger partial charge in [0.2, 0.25) is 11.8 Å². The Labute approximate surface area is 81.1 Å². The van der Waals surface area contributed by atoms with Crippen molar-refractivity contribution in [2.24, 2.45) is 0 Å². The molecule has 0 radical (unpaired) electrons. The number of aromatic nitrogens is 2. The van der Waals surface area contributed by atoms with Gasteiger partial charge >= 0.3 is 0 Å². The molecule has 1 aromatic heterocycles. The van der Waals surface area contributed by atoms with E-state index in [0.717, 1.165) is 0 Å². The highest BCUT2D eigenvalue weighted by atomic mass is 33.1. The van der Waals surface area contributed by atoms with Crippen LogP contribution >= 0.6 is 22.5 Å². The molecule has 0 fully saturated rings. The van der Waals surface area contributed by atoms with E-state index in [4.69, 9.17) is 4.42 Å². The van der Waals surface area contributed by atoms with Crippen LogP contribution < -0.4 is 0 Å². The summed E-state index contributed by atoms with van der Waals surface area (Å²) in [6.45, 7) is 6.03. The predicted octanol–water partition coefficient (Wildman–Crippen LogP) is 2.83. The predicted molar refractivity (Wildman–Crippen MR) is 53.4 cm³/mol. The maximum absolute atomic E-state index is 5.41. The van der Waals surface area contributed by atoms with E-state index in [1.807, 2.05) is 20.8 Å². The Balaban J connectivity index is 2.77. The second kappa shape index (κ2) is 4.18. The lowest BCUT2D eigenvalue weighted by Gasteiger charge is -1.99. The third kappa shape index (κ3) is 2.17. The van der Waals surface area contributed by atoms with Gasteiger partial charge in [-0.2, -0.15) is 0 Å². The summed E-state index contributed by atoms with van der Waals surface area (Å²) in [6, 6.07) is 0. The first-order valence-corrected chi connectivity index (χ1v) is 5.72.